The zero-order chi connectivity index (χ0) is 7.72. The van der Waals surface area contributed by atoms with E-state index in [1.807, 2.05) is 0 Å². The van der Waals surface area contributed by atoms with Gasteiger partial charge in [0.2, 0.25) is 5.95 Å². The first kappa shape index (κ1) is 9.76. The molecule has 62 valence electrons. The number of aromatic nitrogens is 2. The highest BCUT2D eigenvalue weighted by Gasteiger charge is 2.02. The number of nitrogens with two attached hydrogens (primary N) is 4. The van der Waals surface area contributed by atoms with Crippen LogP contribution >= 0.6 is 17.0 Å². The van der Waals surface area contributed by atoms with Crippen molar-refractivity contribution < 1.29 is 0 Å². The summed E-state index contributed by atoms with van der Waals surface area (Å²) >= 11 is 0. The average Bonchev–Trinajstić information content (AvgIpc) is 1.82. The van der Waals surface area contributed by atoms with Gasteiger partial charge in [0.25, 0.3) is 0 Å². The van der Waals surface area contributed by atoms with E-state index >= 15 is 0 Å². The Morgan fingerprint density at radius 2 is 1.18 bits per heavy atom. The number of hydrogen-bond acceptors (Lipinski definition) is 6. The summed E-state index contributed by atoms with van der Waals surface area (Å²) in [6.45, 7) is 0. The van der Waals surface area contributed by atoms with Gasteiger partial charge in [-0.1, -0.05) is 0 Å². The van der Waals surface area contributed by atoms with Gasteiger partial charge in [-0.15, -0.1) is 17.0 Å². The average molecular weight is 221 g/mol. The van der Waals surface area contributed by atoms with Gasteiger partial charge in [0.15, 0.2) is 11.6 Å². The lowest BCUT2D eigenvalue weighted by molar-refractivity contribution is 1.21. The molecule has 6 nitrogen and oxygen atoms in total. The van der Waals surface area contributed by atoms with Crippen molar-refractivity contribution in [2.75, 3.05) is 22.9 Å². The molecule has 0 aliphatic carbocycles. The summed E-state index contributed by atoms with van der Waals surface area (Å²) in [7, 11) is 0. The van der Waals surface area contributed by atoms with Crippen LogP contribution in [0.5, 0.6) is 0 Å². The number of nitrogens with zero attached hydrogens (tertiary/aromatic N) is 2. The van der Waals surface area contributed by atoms with Crippen molar-refractivity contribution in [2.24, 2.45) is 0 Å². The monoisotopic (exact) mass is 220 g/mol. The van der Waals surface area contributed by atoms with Crippen LogP contribution in [0.4, 0.5) is 23.3 Å². The molecule has 0 spiro atoms. The number of halogens is 1. The summed E-state index contributed by atoms with van der Waals surface area (Å²) in [6, 6.07) is 0. The Balaban J connectivity index is 0.000001000. The van der Waals surface area contributed by atoms with Gasteiger partial charge in [-0.3, -0.25) is 0 Å². The molecule has 0 bridgehead atoms. The molecule has 8 N–H and O–H groups in total. The number of anilines is 4. The fourth-order valence-corrected chi connectivity index (χ4v) is 0.523. The van der Waals surface area contributed by atoms with Crippen LogP contribution in [0.3, 0.4) is 0 Å². The van der Waals surface area contributed by atoms with Crippen molar-refractivity contribution in [3.8, 4) is 0 Å². The molecular formula is C4H9BrN6. The molecular weight excluding hydrogens is 212 g/mol. The van der Waals surface area contributed by atoms with Crippen LogP contribution in [0.25, 0.3) is 0 Å². The van der Waals surface area contributed by atoms with Crippen molar-refractivity contribution in [2.45, 2.75) is 0 Å². The zero-order valence-corrected chi connectivity index (χ0v) is 7.33. The third kappa shape index (κ3) is 1.84. The van der Waals surface area contributed by atoms with Gasteiger partial charge >= 0.3 is 0 Å². The molecule has 1 aromatic rings. The van der Waals surface area contributed by atoms with Gasteiger partial charge in [0.1, 0.15) is 5.69 Å². The van der Waals surface area contributed by atoms with E-state index in [2.05, 4.69) is 9.97 Å². The molecule has 0 saturated heterocycles. The van der Waals surface area contributed by atoms with Crippen LogP contribution in [0.15, 0.2) is 0 Å². The van der Waals surface area contributed by atoms with E-state index in [1.165, 1.54) is 0 Å². The molecule has 0 fully saturated rings. The lowest BCUT2D eigenvalue weighted by atomic mass is 10.4. The summed E-state index contributed by atoms with van der Waals surface area (Å²) in [5, 5.41) is 0. The van der Waals surface area contributed by atoms with Crippen LogP contribution < -0.4 is 22.9 Å². The topological polar surface area (TPSA) is 130 Å². The normalized spacial score (nSPS) is 8.73. The molecule has 0 unspecified atom stereocenters. The van der Waals surface area contributed by atoms with Crippen molar-refractivity contribution in [1.82, 2.24) is 9.97 Å². The molecule has 0 saturated carbocycles. The Kier molecular flexibility index (Phi) is 2.87. The van der Waals surface area contributed by atoms with Gasteiger partial charge in [0.05, 0.1) is 0 Å². The smallest absolute Gasteiger partial charge is 0.224 e. The predicted molar refractivity (Wildman–Crippen MR) is 50.0 cm³/mol. The maximum Gasteiger partial charge on any atom is 0.224 e. The Labute approximate surface area is 73.7 Å². The number of hydrogen-bond donors (Lipinski definition) is 4. The Hall–Kier alpha value is -1.24. The number of nitrogen functional groups attached to an aromatic ring is 4. The maximum absolute atomic E-state index is 5.32. The SMILES string of the molecule is Br.Nc1nc(N)c(N)c(N)n1. The second-order valence-corrected chi connectivity index (χ2v) is 1.77. The van der Waals surface area contributed by atoms with Gasteiger partial charge in [-0.05, 0) is 0 Å². The lowest BCUT2D eigenvalue weighted by Gasteiger charge is -2.01. The Bertz CT molecular complexity index is 238. The van der Waals surface area contributed by atoms with Gasteiger partial charge in [-0.2, -0.15) is 9.97 Å². The fourth-order valence-electron chi connectivity index (χ4n) is 0.523. The minimum Gasteiger partial charge on any atom is -0.393 e. The summed E-state index contributed by atoms with van der Waals surface area (Å²) in [5.41, 5.74) is 21.3. The molecule has 0 aromatic carbocycles. The quantitative estimate of drug-likeness (QED) is 0.462. The van der Waals surface area contributed by atoms with Gasteiger partial charge in [0, 0.05) is 0 Å². The highest BCUT2D eigenvalue weighted by atomic mass is 79.9. The molecule has 0 radical (unpaired) electrons. The van der Waals surface area contributed by atoms with E-state index < -0.39 is 0 Å². The van der Waals surface area contributed by atoms with E-state index in [-0.39, 0.29) is 40.3 Å². The summed E-state index contributed by atoms with van der Waals surface area (Å²) < 4.78 is 0. The van der Waals surface area contributed by atoms with Gasteiger partial charge < -0.3 is 22.9 Å². The van der Waals surface area contributed by atoms with E-state index in [4.69, 9.17) is 22.9 Å². The molecule has 0 amide bonds. The lowest BCUT2D eigenvalue weighted by Crippen LogP contribution is -2.07. The molecule has 0 aliphatic rings. The van der Waals surface area contributed by atoms with Crippen molar-refractivity contribution >= 4 is 40.3 Å². The largest absolute Gasteiger partial charge is 0.393 e. The number of rotatable bonds is 0. The van der Waals surface area contributed by atoms with Crippen molar-refractivity contribution in [3.63, 3.8) is 0 Å². The standard InChI is InChI=1S/C4H8N6.BrH/c5-1-2(6)9-4(8)10-3(1)7;/h5H2,(H6,6,7,8,9,10);1H. The fraction of sp³-hybridized carbons (Fsp3) is 0. The molecule has 11 heavy (non-hydrogen) atoms. The van der Waals surface area contributed by atoms with E-state index in [0.717, 1.165) is 0 Å². The van der Waals surface area contributed by atoms with E-state index in [1.54, 1.807) is 0 Å². The van der Waals surface area contributed by atoms with Crippen LogP contribution in [-0.2, 0) is 0 Å². The predicted octanol–water partition coefficient (Wildman–Crippen LogP) is -0.617. The Morgan fingerprint density at radius 3 is 1.55 bits per heavy atom. The second-order valence-electron chi connectivity index (χ2n) is 1.77. The zero-order valence-electron chi connectivity index (χ0n) is 5.61. The minimum atomic E-state index is 0. The molecule has 0 atom stereocenters. The van der Waals surface area contributed by atoms with Crippen LogP contribution in [0, 0.1) is 0 Å². The molecule has 1 rings (SSSR count). The first-order valence-corrected chi connectivity index (χ1v) is 2.55. The Morgan fingerprint density at radius 1 is 0.818 bits per heavy atom. The molecule has 1 heterocycles. The van der Waals surface area contributed by atoms with Crippen LogP contribution in [-0.4, -0.2) is 9.97 Å². The second kappa shape index (κ2) is 3.24. The third-order valence-electron chi connectivity index (χ3n) is 1.02. The molecule has 0 aliphatic heterocycles. The third-order valence-corrected chi connectivity index (χ3v) is 1.02. The summed E-state index contributed by atoms with van der Waals surface area (Å²) in [4.78, 5) is 7.15. The van der Waals surface area contributed by atoms with Crippen LogP contribution in [0.1, 0.15) is 0 Å². The van der Waals surface area contributed by atoms with Crippen molar-refractivity contribution in [1.29, 1.82) is 0 Å². The van der Waals surface area contributed by atoms with Gasteiger partial charge in [-0.25, -0.2) is 0 Å². The molecule has 7 heteroatoms. The van der Waals surface area contributed by atoms with Crippen molar-refractivity contribution in [3.05, 3.63) is 0 Å². The highest BCUT2D eigenvalue weighted by Crippen LogP contribution is 2.17. The first-order valence-electron chi connectivity index (χ1n) is 2.55. The highest BCUT2D eigenvalue weighted by molar-refractivity contribution is 8.93. The van der Waals surface area contributed by atoms with Crippen LogP contribution in [0.2, 0.25) is 0 Å². The van der Waals surface area contributed by atoms with E-state index in [9.17, 15) is 0 Å². The minimum absolute atomic E-state index is 0. The summed E-state index contributed by atoms with van der Waals surface area (Å²) in [5.74, 6) is 0.263. The first-order chi connectivity index (χ1) is 4.61. The maximum atomic E-state index is 5.32. The van der Waals surface area contributed by atoms with E-state index in [0.29, 0.717) is 0 Å². The molecule has 1 aromatic heterocycles. The summed E-state index contributed by atoms with van der Waals surface area (Å²) in [6.07, 6.45) is 0.